The fourth-order valence-corrected chi connectivity index (χ4v) is 5.13. The van der Waals surface area contributed by atoms with E-state index in [1.807, 2.05) is 0 Å². The van der Waals surface area contributed by atoms with Crippen molar-refractivity contribution in [3.8, 4) is 16.9 Å². The van der Waals surface area contributed by atoms with E-state index in [-0.39, 0.29) is 33.6 Å². The molecule has 0 radical (unpaired) electrons. The molecule has 3 amide bonds. The van der Waals surface area contributed by atoms with Crippen molar-refractivity contribution in [2.75, 3.05) is 17.7 Å². The Morgan fingerprint density at radius 2 is 1.95 bits per heavy atom. The number of hydrogen-bond donors (Lipinski definition) is 3. The summed E-state index contributed by atoms with van der Waals surface area (Å²) in [6, 6.07) is 9.86. The molecule has 0 saturated heterocycles. The molecule has 14 heteroatoms. The lowest BCUT2D eigenvalue weighted by Crippen LogP contribution is -2.30. The van der Waals surface area contributed by atoms with Crippen molar-refractivity contribution in [1.82, 2.24) is 25.3 Å². The Labute approximate surface area is 256 Å². The van der Waals surface area contributed by atoms with E-state index in [1.54, 1.807) is 38.1 Å². The van der Waals surface area contributed by atoms with Gasteiger partial charge in [-0.25, -0.2) is 18.3 Å². The van der Waals surface area contributed by atoms with Crippen LogP contribution < -0.4 is 16.0 Å². The van der Waals surface area contributed by atoms with Crippen molar-refractivity contribution < 1.29 is 27.9 Å². The zero-order chi connectivity index (χ0) is 31.5. The van der Waals surface area contributed by atoms with Crippen molar-refractivity contribution in [3.05, 3.63) is 82.3 Å². The fourth-order valence-electron chi connectivity index (χ4n) is 4.96. The number of halogens is 3. The zero-order valence-corrected chi connectivity index (χ0v) is 24.7. The summed E-state index contributed by atoms with van der Waals surface area (Å²) in [5.74, 6) is -2.69. The molecule has 11 nitrogen and oxygen atoms in total. The van der Waals surface area contributed by atoms with E-state index in [1.165, 1.54) is 30.0 Å². The standard InChI is InChI=1S/C30H28ClF2N7O4/c1-15-6-4-8-22(36-29(42)27-16(2)40(39-38-27)25-9-5-7-20(31)26(25)33)19-13-23(34-14-21(19)32)18-11-10-17(35-30(43)44-3)12-24(18)37-28(15)41/h5,7,9-15,22H,4,6,8H2,1-3H3,(H,35,43)(H,36,42)(H,37,41)/t15-,22+/m1/s1. The molecule has 0 fully saturated rings. The molecule has 2 aromatic carbocycles. The molecule has 5 rings (SSSR count). The molecule has 0 saturated carbocycles. The Morgan fingerprint density at radius 1 is 1.16 bits per heavy atom. The maximum absolute atomic E-state index is 15.4. The van der Waals surface area contributed by atoms with Gasteiger partial charge in [-0.2, -0.15) is 0 Å². The predicted molar refractivity (Wildman–Crippen MR) is 159 cm³/mol. The Hall–Kier alpha value is -4.91. The zero-order valence-electron chi connectivity index (χ0n) is 24.0. The van der Waals surface area contributed by atoms with E-state index >= 15 is 4.39 Å². The van der Waals surface area contributed by atoms with Crippen LogP contribution in [-0.4, -0.2) is 45.0 Å². The van der Waals surface area contributed by atoms with E-state index in [4.69, 9.17) is 11.6 Å². The third-order valence-electron chi connectivity index (χ3n) is 7.40. The second-order valence-electron chi connectivity index (χ2n) is 10.3. The van der Waals surface area contributed by atoms with Crippen LogP contribution in [0.3, 0.4) is 0 Å². The highest BCUT2D eigenvalue weighted by molar-refractivity contribution is 6.30. The molecular formula is C30H28ClF2N7O4. The van der Waals surface area contributed by atoms with Gasteiger partial charge < -0.3 is 15.4 Å². The number of fused-ring (bicyclic) bond motifs is 4. The average Bonchev–Trinajstić information content (AvgIpc) is 3.38. The summed E-state index contributed by atoms with van der Waals surface area (Å²) < 4.78 is 35.8. The van der Waals surface area contributed by atoms with Gasteiger partial charge in [0.05, 0.1) is 41.4 Å². The smallest absolute Gasteiger partial charge is 0.411 e. The summed E-state index contributed by atoms with van der Waals surface area (Å²) in [6.45, 7) is 3.32. The molecule has 2 atom stereocenters. The molecule has 0 spiro atoms. The first kappa shape index (κ1) is 30.5. The number of methoxy groups -OCH3 is 1. The van der Waals surface area contributed by atoms with Gasteiger partial charge in [0.15, 0.2) is 11.5 Å². The highest BCUT2D eigenvalue weighted by Gasteiger charge is 2.27. The predicted octanol–water partition coefficient (Wildman–Crippen LogP) is 5.98. The molecule has 0 unspecified atom stereocenters. The van der Waals surface area contributed by atoms with Crippen LogP contribution in [0.4, 0.5) is 25.0 Å². The van der Waals surface area contributed by atoms with E-state index < -0.39 is 35.6 Å². The van der Waals surface area contributed by atoms with Crippen LogP contribution in [0.1, 0.15) is 54.0 Å². The number of amides is 3. The van der Waals surface area contributed by atoms with Crippen LogP contribution in [0, 0.1) is 24.5 Å². The SMILES string of the molecule is COC(=O)Nc1ccc2c(c1)NC(=O)[C@H](C)CCC[C@H](NC(=O)c1nnn(-c3cccc(Cl)c3F)c1C)c1cc-2ncc1F. The molecular weight excluding hydrogens is 596 g/mol. The highest BCUT2D eigenvalue weighted by Crippen LogP contribution is 2.34. The van der Waals surface area contributed by atoms with Crippen molar-refractivity contribution in [1.29, 1.82) is 0 Å². The van der Waals surface area contributed by atoms with Crippen molar-refractivity contribution in [3.63, 3.8) is 0 Å². The molecule has 228 valence electrons. The van der Waals surface area contributed by atoms with Gasteiger partial charge in [0.25, 0.3) is 5.91 Å². The molecule has 2 aromatic heterocycles. The minimum atomic E-state index is -0.824. The number of anilines is 2. The van der Waals surface area contributed by atoms with Gasteiger partial charge >= 0.3 is 6.09 Å². The summed E-state index contributed by atoms with van der Waals surface area (Å²) in [6.07, 6.45) is 1.57. The van der Waals surface area contributed by atoms with Gasteiger partial charge in [-0.15, -0.1) is 5.10 Å². The van der Waals surface area contributed by atoms with Crippen molar-refractivity contribution in [2.24, 2.45) is 5.92 Å². The van der Waals surface area contributed by atoms with Crippen molar-refractivity contribution >= 4 is 40.9 Å². The summed E-state index contributed by atoms with van der Waals surface area (Å²) >= 11 is 5.92. The number of carbonyl (C=O) groups excluding carboxylic acids is 3. The molecule has 44 heavy (non-hydrogen) atoms. The average molecular weight is 624 g/mol. The number of nitrogens with one attached hydrogen (secondary N) is 3. The first-order valence-corrected chi connectivity index (χ1v) is 14.1. The quantitative estimate of drug-likeness (QED) is 0.254. The van der Waals surface area contributed by atoms with Crippen LogP contribution in [0.15, 0.2) is 48.7 Å². The highest BCUT2D eigenvalue weighted by atomic mass is 35.5. The van der Waals surface area contributed by atoms with Gasteiger partial charge in [-0.3, -0.25) is 19.9 Å². The Bertz CT molecular complexity index is 1760. The van der Waals surface area contributed by atoms with Crippen LogP contribution >= 0.6 is 11.6 Å². The number of ether oxygens (including phenoxy) is 1. The molecule has 4 aromatic rings. The second-order valence-corrected chi connectivity index (χ2v) is 10.7. The maximum atomic E-state index is 15.4. The minimum absolute atomic E-state index is 0.0215. The largest absolute Gasteiger partial charge is 0.453 e. The van der Waals surface area contributed by atoms with Crippen molar-refractivity contribution in [2.45, 2.75) is 39.2 Å². The van der Waals surface area contributed by atoms with Crippen LogP contribution in [0.5, 0.6) is 0 Å². The number of benzene rings is 2. The fraction of sp³-hybridized carbons (Fsp3) is 0.267. The lowest BCUT2D eigenvalue weighted by atomic mass is 9.94. The molecule has 0 aliphatic carbocycles. The number of hydrogen-bond acceptors (Lipinski definition) is 7. The lowest BCUT2D eigenvalue weighted by Gasteiger charge is -2.23. The van der Waals surface area contributed by atoms with E-state index in [0.717, 1.165) is 6.20 Å². The number of rotatable bonds is 4. The molecule has 1 aliphatic rings. The van der Waals surface area contributed by atoms with E-state index in [9.17, 15) is 18.8 Å². The van der Waals surface area contributed by atoms with Crippen LogP contribution in [0.2, 0.25) is 5.02 Å². The normalized spacial score (nSPS) is 16.5. The summed E-state index contributed by atoms with van der Waals surface area (Å²) in [5.41, 5.74) is 1.89. The summed E-state index contributed by atoms with van der Waals surface area (Å²) in [5, 5.41) is 16.1. The summed E-state index contributed by atoms with van der Waals surface area (Å²) in [7, 11) is 1.23. The monoisotopic (exact) mass is 623 g/mol. The lowest BCUT2D eigenvalue weighted by molar-refractivity contribution is -0.119. The van der Waals surface area contributed by atoms with Gasteiger partial charge in [0, 0.05) is 22.7 Å². The number of pyridine rings is 1. The number of nitrogens with zero attached hydrogens (tertiary/aromatic N) is 4. The first-order valence-electron chi connectivity index (χ1n) is 13.7. The van der Waals surface area contributed by atoms with Gasteiger partial charge in [-0.05, 0) is 56.2 Å². The van der Waals surface area contributed by atoms with Crippen LogP contribution in [0.25, 0.3) is 16.9 Å². The third-order valence-corrected chi connectivity index (χ3v) is 7.69. The third kappa shape index (κ3) is 6.23. The van der Waals surface area contributed by atoms with Crippen LogP contribution in [-0.2, 0) is 9.53 Å². The molecule has 3 heterocycles. The maximum Gasteiger partial charge on any atom is 0.411 e. The molecule has 1 aliphatic heterocycles. The van der Waals surface area contributed by atoms with Gasteiger partial charge in [-0.1, -0.05) is 36.2 Å². The Morgan fingerprint density at radius 3 is 2.73 bits per heavy atom. The Balaban J connectivity index is 1.51. The van der Waals surface area contributed by atoms with E-state index in [2.05, 4.69) is 36.0 Å². The number of aromatic nitrogens is 4. The summed E-state index contributed by atoms with van der Waals surface area (Å²) in [4.78, 5) is 42.6. The Kier molecular flexibility index (Phi) is 8.86. The number of carbonyl (C=O) groups is 3. The van der Waals surface area contributed by atoms with Gasteiger partial charge in [0.1, 0.15) is 11.5 Å². The minimum Gasteiger partial charge on any atom is -0.453 e. The topological polar surface area (TPSA) is 140 Å². The first-order chi connectivity index (χ1) is 21.1. The van der Waals surface area contributed by atoms with E-state index in [0.29, 0.717) is 41.9 Å². The molecule has 2 bridgehead atoms. The second kappa shape index (κ2) is 12.8. The van der Waals surface area contributed by atoms with Gasteiger partial charge in [0.2, 0.25) is 5.91 Å². The molecule has 3 N–H and O–H groups in total.